The number of hydrogen-bond acceptors (Lipinski definition) is 8. The van der Waals surface area contributed by atoms with Crippen LogP contribution in [0.5, 0.6) is 0 Å². The van der Waals surface area contributed by atoms with E-state index in [9.17, 15) is 19.5 Å². The van der Waals surface area contributed by atoms with Crippen molar-refractivity contribution in [2.24, 2.45) is 0 Å². The van der Waals surface area contributed by atoms with Crippen LogP contribution in [0, 0.1) is 0 Å². The van der Waals surface area contributed by atoms with Gasteiger partial charge in [-0.15, -0.1) is 0 Å². The van der Waals surface area contributed by atoms with E-state index in [2.05, 4.69) is 135 Å². The fourth-order valence-corrected chi connectivity index (χ4v) is 8.77. The van der Waals surface area contributed by atoms with Crippen LogP contribution >= 0.6 is 0 Å². The number of unbranched alkanes of at least 4 members (excludes halogenated alkanes) is 24. The van der Waals surface area contributed by atoms with E-state index in [1.165, 1.54) is 116 Å². The molecule has 0 saturated heterocycles. The average Bonchev–Trinajstić information content (AvgIpc) is 3.44. The summed E-state index contributed by atoms with van der Waals surface area (Å²) in [7, 11) is 5.91. The van der Waals surface area contributed by atoms with Crippen LogP contribution in [-0.2, 0) is 33.3 Å². The van der Waals surface area contributed by atoms with Gasteiger partial charge in [0.1, 0.15) is 13.2 Å². The Balaban J connectivity index is 4.16. The summed E-state index contributed by atoms with van der Waals surface area (Å²) in [4.78, 5) is 37.4. The molecule has 2 atom stereocenters. The van der Waals surface area contributed by atoms with E-state index < -0.39 is 24.3 Å². The Morgan fingerprint density at radius 3 is 0.988 bits per heavy atom. The van der Waals surface area contributed by atoms with Crippen LogP contribution in [0.2, 0.25) is 0 Å². The summed E-state index contributed by atoms with van der Waals surface area (Å²) in [5, 5.41) is 11.8. The number of ether oxygens (including phenoxy) is 4. The molecule has 9 nitrogen and oxygen atoms in total. The average molecular weight is 1130 g/mol. The van der Waals surface area contributed by atoms with E-state index in [0.717, 1.165) is 109 Å². The number of nitrogens with zero attached hydrogens (tertiary/aromatic N) is 1. The molecule has 0 saturated carbocycles. The van der Waals surface area contributed by atoms with Crippen LogP contribution in [0.1, 0.15) is 258 Å². The molecular weight excluding hydrogens is 1010 g/mol. The lowest BCUT2D eigenvalue weighted by molar-refractivity contribution is -0.870. The standard InChI is InChI=1S/C72H121NO8/c1-6-8-10-12-14-16-18-20-22-24-26-28-30-31-32-33-34-35-36-37-38-39-41-42-44-46-48-50-52-54-56-58-60-62-69(74)79-66-68(67-80-72(71(76)77)78-65-64-73(3,4)5)81-70(75)63-61-59-57-55-53-51-49-47-45-43-40-29-27-25-23-21-19-17-15-13-11-9-7-2/h8-11,14-17,20-23,26-29,43,45,49,51,68,72H,6-7,12-13,18-19,24-25,30-42,44,46-48,50,52-67H2,1-5H3/b10-8-,11-9-,16-14-,17-15-,22-20-,23-21-,28-26-,29-27-,45-43-,51-49-. The number of rotatable bonds is 59. The summed E-state index contributed by atoms with van der Waals surface area (Å²) in [6, 6.07) is 0. The molecule has 0 aliphatic rings. The van der Waals surface area contributed by atoms with Crippen molar-refractivity contribution < 1.29 is 42.9 Å². The molecule has 0 bridgehead atoms. The third kappa shape index (κ3) is 63.1. The number of carboxylic acids is 1. The molecule has 0 aliphatic carbocycles. The Bertz CT molecular complexity index is 1740. The van der Waals surface area contributed by atoms with Gasteiger partial charge in [-0.1, -0.05) is 264 Å². The van der Waals surface area contributed by atoms with Crippen molar-refractivity contribution in [3.8, 4) is 0 Å². The molecule has 0 N–H and O–H groups in total. The molecule has 0 aromatic carbocycles. The van der Waals surface area contributed by atoms with Gasteiger partial charge in [-0.25, -0.2) is 0 Å². The van der Waals surface area contributed by atoms with Crippen LogP contribution in [0.25, 0.3) is 0 Å². The highest BCUT2D eigenvalue weighted by Crippen LogP contribution is 2.17. The fourth-order valence-electron chi connectivity index (χ4n) is 8.77. The maximum Gasteiger partial charge on any atom is 0.306 e. The number of likely N-dealkylation sites (N-methyl/N-ethyl adjacent to an activating group) is 1. The van der Waals surface area contributed by atoms with E-state index in [-0.39, 0.29) is 38.6 Å². The van der Waals surface area contributed by atoms with Crippen molar-refractivity contribution >= 4 is 17.9 Å². The first-order valence-electron chi connectivity index (χ1n) is 32.7. The molecule has 0 spiro atoms. The minimum atomic E-state index is -1.64. The van der Waals surface area contributed by atoms with Crippen LogP contribution in [0.3, 0.4) is 0 Å². The lowest BCUT2D eigenvalue weighted by Crippen LogP contribution is -2.44. The highest BCUT2D eigenvalue weighted by Gasteiger charge is 2.22. The lowest BCUT2D eigenvalue weighted by Gasteiger charge is -2.26. The summed E-state index contributed by atoms with van der Waals surface area (Å²) in [6.07, 6.45) is 84.1. The van der Waals surface area contributed by atoms with Crippen molar-refractivity contribution in [1.82, 2.24) is 0 Å². The molecule has 0 rings (SSSR count). The van der Waals surface area contributed by atoms with Gasteiger partial charge in [-0.05, 0) is 103 Å². The van der Waals surface area contributed by atoms with Crippen LogP contribution < -0.4 is 5.11 Å². The second kappa shape index (κ2) is 61.8. The van der Waals surface area contributed by atoms with Gasteiger partial charge in [0.15, 0.2) is 12.4 Å². The van der Waals surface area contributed by atoms with Gasteiger partial charge in [0, 0.05) is 12.8 Å². The zero-order valence-electron chi connectivity index (χ0n) is 52.6. The minimum absolute atomic E-state index is 0.137. The molecule has 462 valence electrons. The Morgan fingerprint density at radius 1 is 0.370 bits per heavy atom. The van der Waals surface area contributed by atoms with Crippen molar-refractivity contribution in [3.05, 3.63) is 122 Å². The second-order valence-corrected chi connectivity index (χ2v) is 22.6. The van der Waals surface area contributed by atoms with Crippen LogP contribution in [0.4, 0.5) is 0 Å². The molecule has 0 aromatic rings. The predicted molar refractivity (Wildman–Crippen MR) is 343 cm³/mol. The highest BCUT2D eigenvalue weighted by molar-refractivity contribution is 5.70. The summed E-state index contributed by atoms with van der Waals surface area (Å²) in [5.41, 5.74) is 0. The smallest absolute Gasteiger partial charge is 0.306 e. The van der Waals surface area contributed by atoms with Gasteiger partial charge < -0.3 is 33.3 Å². The summed E-state index contributed by atoms with van der Waals surface area (Å²) >= 11 is 0. The lowest BCUT2D eigenvalue weighted by atomic mass is 10.0. The Hall–Kier alpha value is -4.31. The van der Waals surface area contributed by atoms with Crippen molar-refractivity contribution in [3.63, 3.8) is 0 Å². The molecule has 0 aliphatic heterocycles. The summed E-state index contributed by atoms with van der Waals surface area (Å²) in [5.74, 6) is -2.32. The van der Waals surface area contributed by atoms with Gasteiger partial charge in [0.05, 0.1) is 40.3 Å². The van der Waals surface area contributed by atoms with Crippen LogP contribution in [0.15, 0.2) is 122 Å². The number of carbonyl (C=O) groups excluding carboxylic acids is 3. The maximum absolute atomic E-state index is 12.9. The highest BCUT2D eigenvalue weighted by atomic mass is 16.7. The normalized spacial score (nSPS) is 13.5. The van der Waals surface area contributed by atoms with Gasteiger partial charge in [-0.2, -0.15) is 0 Å². The number of esters is 2. The zero-order valence-corrected chi connectivity index (χ0v) is 52.6. The van der Waals surface area contributed by atoms with Crippen LogP contribution in [-0.4, -0.2) is 82.3 Å². The van der Waals surface area contributed by atoms with E-state index in [1.807, 2.05) is 21.1 Å². The SMILES string of the molecule is CC/C=C\C/C=C\C/C=C\C/C=C\C/C=C\C/C=C\CCCCCCC(=O)OC(COC(=O)CCCCCCCCCCCCCCCCCCCCCC/C=C\C/C=C\C/C=C\C/C=C\CC)COC(OCC[N+](C)(C)C)C(=O)[O-]. The van der Waals surface area contributed by atoms with Crippen molar-refractivity contribution in [2.75, 3.05) is 47.5 Å². The number of quaternary nitrogens is 1. The third-order valence-corrected chi connectivity index (χ3v) is 13.7. The van der Waals surface area contributed by atoms with E-state index in [0.29, 0.717) is 17.4 Å². The van der Waals surface area contributed by atoms with Gasteiger partial charge in [-0.3, -0.25) is 9.59 Å². The molecule has 0 radical (unpaired) electrons. The maximum atomic E-state index is 12.9. The van der Waals surface area contributed by atoms with E-state index in [4.69, 9.17) is 18.9 Å². The Morgan fingerprint density at radius 2 is 0.667 bits per heavy atom. The first-order chi connectivity index (χ1) is 39.6. The van der Waals surface area contributed by atoms with E-state index in [1.54, 1.807) is 0 Å². The van der Waals surface area contributed by atoms with Gasteiger partial charge in [0.25, 0.3) is 0 Å². The van der Waals surface area contributed by atoms with Crippen molar-refractivity contribution in [1.29, 1.82) is 0 Å². The molecule has 2 unspecified atom stereocenters. The number of aliphatic carboxylic acids is 1. The zero-order chi connectivity index (χ0) is 59.1. The number of allylic oxidation sites excluding steroid dienone is 20. The number of carbonyl (C=O) groups is 3. The number of carboxylic acid groups (broad SMARTS) is 1. The second-order valence-electron chi connectivity index (χ2n) is 22.6. The quantitative estimate of drug-likeness (QED) is 0.0195. The molecule has 0 fully saturated rings. The fraction of sp³-hybridized carbons (Fsp3) is 0.681. The van der Waals surface area contributed by atoms with Crippen molar-refractivity contribution in [2.45, 2.75) is 270 Å². The third-order valence-electron chi connectivity index (χ3n) is 13.7. The largest absolute Gasteiger partial charge is 0.545 e. The Kier molecular flexibility index (Phi) is 58.5. The van der Waals surface area contributed by atoms with E-state index >= 15 is 0 Å². The first-order valence-corrected chi connectivity index (χ1v) is 32.7. The summed E-state index contributed by atoms with van der Waals surface area (Å²) in [6.45, 7) is 4.50. The molecular formula is C72H121NO8. The molecule has 81 heavy (non-hydrogen) atoms. The topological polar surface area (TPSA) is 111 Å². The molecule has 0 amide bonds. The number of hydrogen-bond donors (Lipinski definition) is 0. The monoisotopic (exact) mass is 1130 g/mol. The molecule has 0 aromatic heterocycles. The first kappa shape index (κ1) is 76.7. The summed E-state index contributed by atoms with van der Waals surface area (Å²) < 4.78 is 22.7. The Labute approximate surface area is 497 Å². The minimum Gasteiger partial charge on any atom is -0.545 e. The predicted octanol–water partition coefficient (Wildman–Crippen LogP) is 18.7. The molecule has 9 heteroatoms. The van der Waals surface area contributed by atoms with Gasteiger partial charge >= 0.3 is 11.9 Å². The molecule has 0 heterocycles. The van der Waals surface area contributed by atoms with Gasteiger partial charge in [0.2, 0.25) is 0 Å².